The third kappa shape index (κ3) is 5.73. The molecule has 0 radical (unpaired) electrons. The van der Waals surface area contributed by atoms with Crippen molar-refractivity contribution in [3.05, 3.63) is 70.7 Å². The molecule has 1 atom stereocenters. The minimum absolute atomic E-state index is 0.248. The highest BCUT2D eigenvalue weighted by Crippen LogP contribution is 2.33. The normalized spacial score (nSPS) is 19.1. The Labute approximate surface area is 215 Å². The first-order chi connectivity index (χ1) is 17.0. The lowest BCUT2D eigenvalue weighted by Gasteiger charge is -2.40. The van der Waals surface area contributed by atoms with Gasteiger partial charge in [0.1, 0.15) is 18.3 Å². The van der Waals surface area contributed by atoms with E-state index in [0.29, 0.717) is 22.2 Å². The summed E-state index contributed by atoms with van der Waals surface area (Å²) in [5.41, 5.74) is 1.87. The molecule has 3 aromatic rings. The van der Waals surface area contributed by atoms with Gasteiger partial charge in [0.15, 0.2) is 0 Å². The van der Waals surface area contributed by atoms with Crippen molar-refractivity contribution in [2.45, 2.75) is 12.1 Å². The van der Waals surface area contributed by atoms with Crippen LogP contribution in [0.25, 0.3) is 0 Å². The average molecular weight is 517 g/mol. The number of nitrogens with zero attached hydrogens (tertiary/aromatic N) is 6. The molecule has 0 aliphatic carbocycles. The molecule has 0 saturated carbocycles. The average Bonchev–Trinajstić information content (AvgIpc) is 3.38. The fourth-order valence-electron chi connectivity index (χ4n) is 4.90. The van der Waals surface area contributed by atoms with E-state index in [1.165, 1.54) is 17.7 Å². The molecule has 0 bridgehead atoms. The van der Waals surface area contributed by atoms with Crippen LogP contribution in [0.4, 0.5) is 11.4 Å². The first-order valence-electron chi connectivity index (χ1n) is 11.9. The van der Waals surface area contributed by atoms with Gasteiger partial charge in [0.05, 0.1) is 19.8 Å². The lowest BCUT2D eigenvalue weighted by molar-refractivity contribution is -0.0198. The number of aromatic nitrogens is 3. The molecular weight excluding hydrogens is 487 g/mol. The molecule has 8 nitrogen and oxygen atoms in total. The Hall–Kier alpha value is -2.36. The molecule has 1 N–H and O–H groups in total. The van der Waals surface area contributed by atoms with Crippen LogP contribution in [0.1, 0.15) is 5.56 Å². The van der Waals surface area contributed by atoms with E-state index in [1.807, 2.05) is 0 Å². The molecule has 2 aliphatic rings. The number of hydrogen-bond acceptors (Lipinski definition) is 7. The van der Waals surface area contributed by atoms with E-state index in [9.17, 15) is 5.11 Å². The minimum Gasteiger partial charge on any atom is -0.382 e. The summed E-state index contributed by atoms with van der Waals surface area (Å²) in [5, 5.41) is 17.0. The summed E-state index contributed by atoms with van der Waals surface area (Å²) in [7, 11) is 0. The van der Waals surface area contributed by atoms with Crippen LogP contribution in [0.15, 0.2) is 55.1 Å². The molecule has 2 aromatic carbocycles. The van der Waals surface area contributed by atoms with Gasteiger partial charge in [-0.3, -0.25) is 4.90 Å². The molecule has 3 heterocycles. The van der Waals surface area contributed by atoms with Crippen molar-refractivity contribution in [1.29, 1.82) is 0 Å². The summed E-state index contributed by atoms with van der Waals surface area (Å²) in [5.74, 6) is 0. The predicted molar refractivity (Wildman–Crippen MR) is 139 cm³/mol. The van der Waals surface area contributed by atoms with Gasteiger partial charge >= 0.3 is 0 Å². The van der Waals surface area contributed by atoms with E-state index in [4.69, 9.17) is 27.9 Å². The zero-order valence-electron chi connectivity index (χ0n) is 19.6. The molecule has 0 spiro atoms. The second-order valence-corrected chi connectivity index (χ2v) is 9.97. The van der Waals surface area contributed by atoms with Crippen LogP contribution in [0, 0.1) is 0 Å². The summed E-state index contributed by atoms with van der Waals surface area (Å²) in [6, 6.07) is 14.0. The lowest BCUT2D eigenvalue weighted by Crippen LogP contribution is -2.52. The molecule has 0 amide bonds. The molecule has 2 saturated heterocycles. The van der Waals surface area contributed by atoms with Crippen molar-refractivity contribution in [3.8, 4) is 0 Å². The molecule has 35 heavy (non-hydrogen) atoms. The number of anilines is 2. The monoisotopic (exact) mass is 516 g/mol. The van der Waals surface area contributed by atoms with E-state index in [2.05, 4.69) is 49.0 Å². The van der Waals surface area contributed by atoms with Gasteiger partial charge in [0.2, 0.25) is 0 Å². The van der Waals surface area contributed by atoms with Crippen LogP contribution >= 0.6 is 23.2 Å². The highest BCUT2D eigenvalue weighted by molar-refractivity contribution is 6.35. The van der Waals surface area contributed by atoms with Gasteiger partial charge in [-0.1, -0.05) is 29.3 Å². The van der Waals surface area contributed by atoms with Crippen LogP contribution in [-0.2, 0) is 16.9 Å². The number of morpholine rings is 1. The zero-order chi connectivity index (χ0) is 24.3. The Morgan fingerprint density at radius 3 is 2.11 bits per heavy atom. The predicted octanol–water partition coefficient (Wildman–Crippen LogP) is 3.13. The Morgan fingerprint density at radius 2 is 1.51 bits per heavy atom. The minimum atomic E-state index is -1.24. The smallest absolute Gasteiger partial charge is 0.137 e. The fraction of sp³-hybridized carbons (Fsp3) is 0.440. The van der Waals surface area contributed by atoms with Crippen LogP contribution in [-0.4, -0.2) is 83.8 Å². The van der Waals surface area contributed by atoms with Crippen molar-refractivity contribution >= 4 is 34.6 Å². The summed E-state index contributed by atoms with van der Waals surface area (Å²) in [6.45, 7) is 7.54. The maximum Gasteiger partial charge on any atom is 0.137 e. The molecule has 1 aromatic heterocycles. The number of hydrogen-bond donors (Lipinski definition) is 1. The Bertz CT molecular complexity index is 1100. The van der Waals surface area contributed by atoms with Crippen LogP contribution in [0.2, 0.25) is 10.0 Å². The van der Waals surface area contributed by atoms with Gasteiger partial charge in [-0.2, -0.15) is 5.10 Å². The quantitative estimate of drug-likeness (QED) is 0.517. The molecule has 1 unspecified atom stereocenters. The molecule has 186 valence electrons. The summed E-state index contributed by atoms with van der Waals surface area (Å²) < 4.78 is 7.10. The second-order valence-electron chi connectivity index (χ2n) is 9.13. The van der Waals surface area contributed by atoms with Gasteiger partial charge < -0.3 is 19.6 Å². The van der Waals surface area contributed by atoms with Crippen molar-refractivity contribution in [3.63, 3.8) is 0 Å². The van der Waals surface area contributed by atoms with E-state index in [-0.39, 0.29) is 6.54 Å². The maximum absolute atomic E-state index is 11.8. The highest BCUT2D eigenvalue weighted by Gasteiger charge is 2.36. The molecule has 10 heteroatoms. The molecule has 2 fully saturated rings. The van der Waals surface area contributed by atoms with Gasteiger partial charge in [-0.05, 0) is 36.4 Å². The van der Waals surface area contributed by atoms with Crippen molar-refractivity contribution in [2.24, 2.45) is 0 Å². The number of piperazine rings is 1. The maximum atomic E-state index is 11.8. The lowest BCUT2D eigenvalue weighted by atomic mass is 9.92. The Balaban J connectivity index is 1.25. The molecule has 2 aliphatic heterocycles. The van der Waals surface area contributed by atoms with Crippen LogP contribution in [0.5, 0.6) is 0 Å². The number of halogens is 2. The number of benzene rings is 2. The summed E-state index contributed by atoms with van der Waals surface area (Å²) in [4.78, 5) is 11.1. The SMILES string of the molecule is OC(CN1CCN(c2ccc(N3CCOCC3)cc2)CC1)(Cn1cncn1)c1ccc(Cl)cc1Cl. The third-order valence-electron chi connectivity index (χ3n) is 6.77. The standard InChI is InChI=1S/C25H30Cl2N6O2/c26-20-1-6-23(24(27)15-20)25(34,17-33-19-28-18-29-33)16-30-7-9-31(10-8-30)21-2-4-22(5-3-21)32-11-13-35-14-12-32/h1-6,15,18-19,34H,7-14,16-17H2. The summed E-state index contributed by atoms with van der Waals surface area (Å²) >= 11 is 12.6. The second kappa shape index (κ2) is 10.7. The number of β-amino-alcohol motifs (C(OH)–C–C–N with tert-alkyl or cyclic N) is 1. The highest BCUT2D eigenvalue weighted by atomic mass is 35.5. The Kier molecular flexibility index (Phi) is 7.45. The topological polar surface area (TPSA) is 69.9 Å². The zero-order valence-corrected chi connectivity index (χ0v) is 21.1. The van der Waals surface area contributed by atoms with Crippen LogP contribution in [0.3, 0.4) is 0 Å². The van der Waals surface area contributed by atoms with E-state index in [1.54, 1.807) is 29.2 Å². The van der Waals surface area contributed by atoms with E-state index >= 15 is 0 Å². The summed E-state index contributed by atoms with van der Waals surface area (Å²) in [6.07, 6.45) is 3.07. The molecule has 5 rings (SSSR count). The number of rotatable bonds is 7. The first kappa shape index (κ1) is 24.3. The number of aliphatic hydroxyl groups is 1. The molecular formula is C25H30Cl2N6O2. The first-order valence-corrected chi connectivity index (χ1v) is 12.7. The van der Waals surface area contributed by atoms with Gasteiger partial charge in [0, 0.05) is 72.8 Å². The largest absolute Gasteiger partial charge is 0.382 e. The Morgan fingerprint density at radius 1 is 0.857 bits per heavy atom. The van der Waals surface area contributed by atoms with Crippen molar-refractivity contribution < 1.29 is 9.84 Å². The van der Waals surface area contributed by atoms with Crippen LogP contribution < -0.4 is 9.80 Å². The number of ether oxygens (including phenoxy) is 1. The van der Waals surface area contributed by atoms with Crippen molar-refractivity contribution in [2.75, 3.05) is 68.8 Å². The van der Waals surface area contributed by atoms with Gasteiger partial charge in [0.25, 0.3) is 0 Å². The van der Waals surface area contributed by atoms with Crippen molar-refractivity contribution in [1.82, 2.24) is 19.7 Å². The van der Waals surface area contributed by atoms with Gasteiger partial charge in [-0.25, -0.2) is 9.67 Å². The van der Waals surface area contributed by atoms with Gasteiger partial charge in [-0.15, -0.1) is 0 Å². The van der Waals surface area contributed by atoms with E-state index in [0.717, 1.165) is 52.5 Å². The third-order valence-corrected chi connectivity index (χ3v) is 7.32. The van der Waals surface area contributed by atoms with E-state index < -0.39 is 5.60 Å². The fourth-order valence-corrected chi connectivity index (χ4v) is 5.48.